The van der Waals surface area contributed by atoms with Gasteiger partial charge in [-0.3, -0.25) is 4.40 Å². The zero-order valence-corrected chi connectivity index (χ0v) is 8.21. The molecule has 0 bridgehead atoms. The highest BCUT2D eigenvalue weighted by Crippen LogP contribution is 2.15. The fourth-order valence-electron chi connectivity index (χ4n) is 1.52. The lowest BCUT2D eigenvalue weighted by molar-refractivity contribution is 0.621. The lowest BCUT2D eigenvalue weighted by Gasteiger charge is -1.97. The van der Waals surface area contributed by atoms with E-state index in [9.17, 15) is 4.39 Å². The van der Waals surface area contributed by atoms with Gasteiger partial charge in [-0.05, 0) is 24.3 Å². The Balaban J connectivity index is 2.22. The minimum atomic E-state index is -0.363. The Kier molecular flexibility index (Phi) is 1.89. The van der Waals surface area contributed by atoms with Gasteiger partial charge in [0.1, 0.15) is 11.5 Å². The van der Waals surface area contributed by atoms with E-state index in [0.29, 0.717) is 11.5 Å². The van der Waals surface area contributed by atoms with Crippen LogP contribution < -0.4 is 0 Å². The lowest BCUT2D eigenvalue weighted by atomic mass is 10.3. The fourth-order valence-corrected chi connectivity index (χ4v) is 1.52. The average Bonchev–Trinajstić information content (AvgIpc) is 2.74. The van der Waals surface area contributed by atoms with E-state index in [0.717, 1.165) is 5.65 Å². The second kappa shape index (κ2) is 3.37. The third kappa shape index (κ3) is 1.33. The van der Waals surface area contributed by atoms with Crippen molar-refractivity contribution < 1.29 is 4.39 Å². The molecule has 4 nitrogen and oxygen atoms in total. The van der Waals surface area contributed by atoms with Gasteiger partial charge in [0.2, 0.25) is 0 Å². The van der Waals surface area contributed by atoms with Crippen LogP contribution in [-0.2, 0) is 0 Å². The number of hydrogen-bond donors (Lipinski definition) is 0. The Labute approximate surface area is 90.4 Å². The molecule has 0 saturated carbocycles. The number of fused-ring (bicyclic) bond motifs is 1. The zero-order valence-electron chi connectivity index (χ0n) is 8.21. The Morgan fingerprint density at radius 3 is 2.81 bits per heavy atom. The minimum Gasteiger partial charge on any atom is -0.281 e. The van der Waals surface area contributed by atoms with E-state index in [1.807, 2.05) is 24.4 Å². The SMILES string of the molecule is Fc1ccc(-c2nnc3ccccn23)nc1. The van der Waals surface area contributed by atoms with E-state index in [-0.39, 0.29) is 5.82 Å². The molecule has 3 aromatic heterocycles. The second-order valence-electron chi connectivity index (χ2n) is 3.31. The second-order valence-corrected chi connectivity index (χ2v) is 3.31. The summed E-state index contributed by atoms with van der Waals surface area (Å²) in [4.78, 5) is 3.97. The molecule has 3 aromatic rings. The van der Waals surface area contributed by atoms with Crippen LogP contribution in [0.5, 0.6) is 0 Å². The molecule has 0 amide bonds. The highest BCUT2D eigenvalue weighted by Gasteiger charge is 2.07. The first-order chi connectivity index (χ1) is 7.84. The van der Waals surface area contributed by atoms with Crippen molar-refractivity contribution in [3.05, 3.63) is 48.5 Å². The van der Waals surface area contributed by atoms with Crippen LogP contribution in [0.1, 0.15) is 0 Å². The summed E-state index contributed by atoms with van der Waals surface area (Å²) in [7, 11) is 0. The van der Waals surface area contributed by atoms with Gasteiger partial charge in [-0.15, -0.1) is 10.2 Å². The number of nitrogens with zero attached hydrogens (tertiary/aromatic N) is 4. The minimum absolute atomic E-state index is 0.363. The summed E-state index contributed by atoms with van der Waals surface area (Å²) in [5, 5.41) is 8.02. The van der Waals surface area contributed by atoms with E-state index in [2.05, 4.69) is 15.2 Å². The number of hydrogen-bond acceptors (Lipinski definition) is 3. The molecule has 0 saturated heterocycles. The quantitative estimate of drug-likeness (QED) is 0.621. The zero-order chi connectivity index (χ0) is 11.0. The van der Waals surface area contributed by atoms with E-state index >= 15 is 0 Å². The Hall–Kier alpha value is -2.30. The van der Waals surface area contributed by atoms with Gasteiger partial charge in [0.25, 0.3) is 0 Å². The monoisotopic (exact) mass is 214 g/mol. The van der Waals surface area contributed by atoms with Crippen LogP contribution in [0, 0.1) is 5.82 Å². The summed E-state index contributed by atoms with van der Waals surface area (Å²) >= 11 is 0. The molecule has 0 N–H and O–H groups in total. The van der Waals surface area contributed by atoms with E-state index in [4.69, 9.17) is 0 Å². The van der Waals surface area contributed by atoms with Crippen molar-refractivity contribution in [2.45, 2.75) is 0 Å². The van der Waals surface area contributed by atoms with Gasteiger partial charge in [0.05, 0.1) is 6.20 Å². The molecular weight excluding hydrogens is 207 g/mol. The first kappa shape index (κ1) is 8.96. The van der Waals surface area contributed by atoms with Crippen LogP contribution in [0.3, 0.4) is 0 Å². The predicted molar refractivity (Wildman–Crippen MR) is 56.2 cm³/mol. The molecule has 0 aromatic carbocycles. The van der Waals surface area contributed by atoms with Crippen molar-refractivity contribution in [2.75, 3.05) is 0 Å². The summed E-state index contributed by atoms with van der Waals surface area (Å²) in [6.07, 6.45) is 3.01. The Morgan fingerprint density at radius 2 is 2.00 bits per heavy atom. The van der Waals surface area contributed by atoms with Crippen LogP contribution in [0.25, 0.3) is 17.2 Å². The largest absolute Gasteiger partial charge is 0.281 e. The molecule has 0 atom stereocenters. The molecule has 16 heavy (non-hydrogen) atoms. The van der Waals surface area contributed by atoms with Gasteiger partial charge in [0, 0.05) is 6.20 Å². The first-order valence-corrected chi connectivity index (χ1v) is 4.76. The van der Waals surface area contributed by atoms with Crippen molar-refractivity contribution >= 4 is 5.65 Å². The van der Waals surface area contributed by atoms with Gasteiger partial charge in [-0.25, -0.2) is 9.37 Å². The Morgan fingerprint density at radius 1 is 1.06 bits per heavy atom. The summed E-state index contributed by atoms with van der Waals surface area (Å²) in [6, 6.07) is 8.54. The van der Waals surface area contributed by atoms with Crippen molar-refractivity contribution in [3.63, 3.8) is 0 Å². The van der Waals surface area contributed by atoms with Crippen LogP contribution in [0.15, 0.2) is 42.7 Å². The molecule has 78 valence electrons. The first-order valence-electron chi connectivity index (χ1n) is 4.76. The average molecular weight is 214 g/mol. The third-order valence-corrected chi connectivity index (χ3v) is 2.27. The van der Waals surface area contributed by atoms with Gasteiger partial charge in [-0.1, -0.05) is 6.07 Å². The topological polar surface area (TPSA) is 43.1 Å². The van der Waals surface area contributed by atoms with Crippen LogP contribution in [0.4, 0.5) is 4.39 Å². The van der Waals surface area contributed by atoms with Crippen molar-refractivity contribution in [2.24, 2.45) is 0 Å². The molecule has 0 aliphatic rings. The van der Waals surface area contributed by atoms with Crippen LogP contribution >= 0.6 is 0 Å². The molecule has 3 rings (SSSR count). The van der Waals surface area contributed by atoms with Gasteiger partial charge < -0.3 is 0 Å². The summed E-state index contributed by atoms with van der Waals surface area (Å²) in [5.41, 5.74) is 1.34. The maximum Gasteiger partial charge on any atom is 0.186 e. The van der Waals surface area contributed by atoms with Gasteiger partial charge >= 0.3 is 0 Å². The van der Waals surface area contributed by atoms with E-state index in [1.165, 1.54) is 12.3 Å². The molecule has 0 spiro atoms. The fraction of sp³-hybridized carbons (Fsp3) is 0. The number of aromatic nitrogens is 4. The maximum absolute atomic E-state index is 12.7. The molecule has 0 fully saturated rings. The molecular formula is C11H7FN4. The molecule has 3 heterocycles. The predicted octanol–water partition coefficient (Wildman–Crippen LogP) is 1.93. The number of pyridine rings is 2. The van der Waals surface area contributed by atoms with Gasteiger partial charge in [-0.2, -0.15) is 0 Å². The molecule has 0 aliphatic heterocycles. The summed E-state index contributed by atoms with van der Waals surface area (Å²) in [6.45, 7) is 0. The van der Waals surface area contributed by atoms with Crippen molar-refractivity contribution in [3.8, 4) is 11.5 Å². The maximum atomic E-state index is 12.7. The number of halogens is 1. The standard InChI is InChI=1S/C11H7FN4/c12-8-4-5-9(13-7-8)11-15-14-10-3-1-2-6-16(10)11/h1-7H. The highest BCUT2D eigenvalue weighted by molar-refractivity contribution is 5.54. The van der Waals surface area contributed by atoms with E-state index < -0.39 is 0 Å². The van der Waals surface area contributed by atoms with E-state index in [1.54, 1.807) is 10.5 Å². The lowest BCUT2D eigenvalue weighted by Crippen LogP contribution is -1.91. The van der Waals surface area contributed by atoms with Crippen molar-refractivity contribution in [1.82, 2.24) is 19.6 Å². The highest BCUT2D eigenvalue weighted by atomic mass is 19.1. The molecule has 0 aliphatic carbocycles. The third-order valence-electron chi connectivity index (χ3n) is 2.27. The molecule has 0 unspecified atom stereocenters. The smallest absolute Gasteiger partial charge is 0.186 e. The summed E-state index contributed by atoms with van der Waals surface area (Å²) < 4.78 is 14.5. The normalized spacial score (nSPS) is 10.8. The van der Waals surface area contributed by atoms with Crippen molar-refractivity contribution in [1.29, 1.82) is 0 Å². The molecule has 0 radical (unpaired) electrons. The summed E-state index contributed by atoms with van der Waals surface area (Å²) in [5.74, 6) is 0.244. The van der Waals surface area contributed by atoms with Gasteiger partial charge in [0.15, 0.2) is 11.5 Å². The van der Waals surface area contributed by atoms with Crippen LogP contribution in [-0.4, -0.2) is 19.6 Å². The Bertz CT molecular complexity index is 630. The van der Waals surface area contributed by atoms with Crippen LogP contribution in [0.2, 0.25) is 0 Å². The molecule has 5 heteroatoms. The number of rotatable bonds is 1.